The summed E-state index contributed by atoms with van der Waals surface area (Å²) in [4.78, 5) is 13.9. The molecule has 24 heavy (non-hydrogen) atoms. The van der Waals surface area contributed by atoms with Crippen molar-refractivity contribution in [1.29, 1.82) is 0 Å². The van der Waals surface area contributed by atoms with Crippen LogP contribution in [0.15, 0.2) is 11.3 Å². The number of hydrogen-bond donors (Lipinski definition) is 0. The first-order valence-corrected chi connectivity index (χ1v) is 8.80. The van der Waals surface area contributed by atoms with Gasteiger partial charge in [-0.15, -0.1) is 0 Å². The Bertz CT molecular complexity index is 556. The average Bonchev–Trinajstić information content (AvgIpc) is 2.98. The number of halogens is 3. The van der Waals surface area contributed by atoms with Gasteiger partial charge in [0.1, 0.15) is 0 Å². The van der Waals surface area contributed by atoms with Gasteiger partial charge in [0.2, 0.25) is 0 Å². The standard InChI is InChI=1S/C17H22F3NO3/c18-17(19,20)15(22)13-11-3-1-2-4-12(11)14(13)21-7-5-16(6-8-21)23-9-10-24-16/h11-12H,1-10H2. The van der Waals surface area contributed by atoms with E-state index >= 15 is 0 Å². The summed E-state index contributed by atoms with van der Waals surface area (Å²) in [6.45, 7) is 2.33. The van der Waals surface area contributed by atoms with Crippen molar-refractivity contribution >= 4 is 5.78 Å². The third-order valence-electron chi connectivity index (χ3n) is 5.95. The van der Waals surface area contributed by atoms with E-state index in [0.717, 1.165) is 19.3 Å². The summed E-state index contributed by atoms with van der Waals surface area (Å²) < 4.78 is 50.4. The Labute approximate surface area is 139 Å². The fraction of sp³-hybridized carbons (Fsp3) is 0.824. The van der Waals surface area contributed by atoms with E-state index in [1.807, 2.05) is 4.90 Å². The normalized spacial score (nSPS) is 32.7. The zero-order valence-electron chi connectivity index (χ0n) is 13.5. The number of piperidine rings is 1. The van der Waals surface area contributed by atoms with Gasteiger partial charge in [-0.25, -0.2) is 0 Å². The largest absolute Gasteiger partial charge is 0.454 e. The van der Waals surface area contributed by atoms with Gasteiger partial charge in [0.05, 0.1) is 13.2 Å². The van der Waals surface area contributed by atoms with Crippen LogP contribution in [-0.2, 0) is 14.3 Å². The van der Waals surface area contributed by atoms with Gasteiger partial charge < -0.3 is 14.4 Å². The second-order valence-corrected chi connectivity index (χ2v) is 7.22. The molecule has 4 aliphatic rings. The topological polar surface area (TPSA) is 38.8 Å². The van der Waals surface area contributed by atoms with E-state index in [-0.39, 0.29) is 17.4 Å². The summed E-state index contributed by atoms with van der Waals surface area (Å²) >= 11 is 0. The minimum absolute atomic E-state index is 0.0383. The zero-order valence-corrected chi connectivity index (χ0v) is 13.5. The molecule has 2 saturated heterocycles. The fourth-order valence-corrected chi connectivity index (χ4v) is 4.81. The molecule has 0 aromatic heterocycles. The smallest absolute Gasteiger partial charge is 0.374 e. The summed E-state index contributed by atoms with van der Waals surface area (Å²) in [5.74, 6) is -2.26. The second kappa shape index (κ2) is 5.73. The predicted octanol–water partition coefficient (Wildman–Crippen LogP) is 3.03. The summed E-state index contributed by atoms with van der Waals surface area (Å²) in [5, 5.41) is 0. The fourth-order valence-electron chi connectivity index (χ4n) is 4.81. The molecule has 2 aliphatic heterocycles. The van der Waals surface area contributed by atoms with E-state index in [1.54, 1.807) is 0 Å². The summed E-state index contributed by atoms with van der Waals surface area (Å²) in [7, 11) is 0. The first-order chi connectivity index (χ1) is 11.4. The van der Waals surface area contributed by atoms with Gasteiger partial charge in [0.25, 0.3) is 5.78 Å². The molecular weight excluding hydrogens is 323 g/mol. The van der Waals surface area contributed by atoms with Gasteiger partial charge in [0, 0.05) is 43.1 Å². The molecule has 1 saturated carbocycles. The van der Waals surface area contributed by atoms with Gasteiger partial charge in [-0.1, -0.05) is 12.8 Å². The number of alkyl halides is 3. The van der Waals surface area contributed by atoms with Crippen LogP contribution >= 0.6 is 0 Å². The Morgan fingerprint density at radius 2 is 1.62 bits per heavy atom. The van der Waals surface area contributed by atoms with E-state index in [9.17, 15) is 18.0 Å². The van der Waals surface area contributed by atoms with Gasteiger partial charge in [-0.3, -0.25) is 4.79 Å². The minimum atomic E-state index is -4.78. The lowest BCUT2D eigenvalue weighted by atomic mass is 9.62. The van der Waals surface area contributed by atoms with Gasteiger partial charge in [-0.05, 0) is 18.8 Å². The molecule has 2 unspecified atom stereocenters. The maximum Gasteiger partial charge on any atom is 0.454 e. The predicted molar refractivity (Wildman–Crippen MR) is 79.0 cm³/mol. The van der Waals surface area contributed by atoms with Crippen molar-refractivity contribution in [2.24, 2.45) is 11.8 Å². The molecule has 134 valence electrons. The summed E-state index contributed by atoms with van der Waals surface area (Å²) in [5.41, 5.74) is 0.700. The first-order valence-electron chi connectivity index (χ1n) is 8.80. The molecule has 1 spiro atoms. The van der Waals surface area contributed by atoms with E-state index in [0.29, 0.717) is 51.3 Å². The SMILES string of the molecule is O=C(C1=C(N2CCC3(CC2)OCCO3)C2CCCCC12)C(F)(F)F. The molecule has 0 amide bonds. The number of hydrogen-bond acceptors (Lipinski definition) is 4. The zero-order chi connectivity index (χ0) is 16.9. The quantitative estimate of drug-likeness (QED) is 0.771. The number of nitrogens with zero attached hydrogens (tertiary/aromatic N) is 1. The van der Waals surface area contributed by atoms with Gasteiger partial charge in [0.15, 0.2) is 5.79 Å². The van der Waals surface area contributed by atoms with Crippen LogP contribution in [0.4, 0.5) is 13.2 Å². The van der Waals surface area contributed by atoms with Crippen molar-refractivity contribution in [2.45, 2.75) is 50.5 Å². The molecule has 3 fully saturated rings. The number of carbonyl (C=O) groups excluding carboxylic acids is 1. The van der Waals surface area contributed by atoms with Crippen LogP contribution < -0.4 is 0 Å². The molecule has 0 radical (unpaired) electrons. The monoisotopic (exact) mass is 345 g/mol. The van der Waals surface area contributed by atoms with Crippen molar-refractivity contribution < 1.29 is 27.4 Å². The van der Waals surface area contributed by atoms with Crippen molar-refractivity contribution in [3.63, 3.8) is 0 Å². The highest BCUT2D eigenvalue weighted by molar-refractivity contribution is 6.02. The Hall–Kier alpha value is -1.08. The number of ketones is 1. The third kappa shape index (κ3) is 2.56. The van der Waals surface area contributed by atoms with Crippen LogP contribution in [0.1, 0.15) is 38.5 Å². The highest BCUT2D eigenvalue weighted by Crippen LogP contribution is 2.53. The van der Waals surface area contributed by atoms with Crippen molar-refractivity contribution in [3.8, 4) is 0 Å². The number of carbonyl (C=O) groups is 1. The lowest BCUT2D eigenvalue weighted by molar-refractivity contribution is -0.184. The van der Waals surface area contributed by atoms with E-state index in [4.69, 9.17) is 9.47 Å². The molecule has 4 nitrogen and oxygen atoms in total. The Kier molecular flexibility index (Phi) is 3.91. The number of ether oxygens (including phenoxy) is 2. The number of Topliss-reactive ketones (excluding diaryl/α,β-unsaturated/α-hetero) is 1. The lowest BCUT2D eigenvalue weighted by Gasteiger charge is -2.51. The molecular formula is C17H22F3NO3. The second-order valence-electron chi connectivity index (χ2n) is 7.22. The molecule has 2 atom stereocenters. The van der Waals surface area contributed by atoms with Crippen molar-refractivity contribution in [3.05, 3.63) is 11.3 Å². The molecule has 0 bridgehead atoms. The third-order valence-corrected chi connectivity index (χ3v) is 5.95. The van der Waals surface area contributed by atoms with E-state index in [2.05, 4.69) is 0 Å². The summed E-state index contributed by atoms with van der Waals surface area (Å²) in [6, 6.07) is 0. The number of rotatable bonds is 2. The molecule has 2 aliphatic carbocycles. The number of allylic oxidation sites excluding steroid dienone is 2. The minimum Gasteiger partial charge on any atom is -0.374 e. The van der Waals surface area contributed by atoms with Crippen molar-refractivity contribution in [1.82, 2.24) is 4.90 Å². The van der Waals surface area contributed by atoms with Crippen LogP contribution in [0.25, 0.3) is 0 Å². The molecule has 0 aromatic carbocycles. The van der Waals surface area contributed by atoms with E-state index < -0.39 is 17.7 Å². The lowest BCUT2D eigenvalue weighted by Crippen LogP contribution is -2.52. The van der Waals surface area contributed by atoms with Crippen LogP contribution in [0.5, 0.6) is 0 Å². The van der Waals surface area contributed by atoms with Gasteiger partial charge >= 0.3 is 6.18 Å². The molecule has 4 rings (SSSR count). The average molecular weight is 345 g/mol. The number of likely N-dealkylation sites (tertiary alicyclic amines) is 1. The van der Waals surface area contributed by atoms with Crippen LogP contribution in [0, 0.1) is 11.8 Å². The Balaban J connectivity index is 1.57. The Morgan fingerprint density at radius 3 is 2.21 bits per heavy atom. The maximum atomic E-state index is 13.0. The highest BCUT2D eigenvalue weighted by atomic mass is 19.4. The number of fused-ring (bicyclic) bond motifs is 1. The summed E-state index contributed by atoms with van der Waals surface area (Å²) in [6.07, 6.45) is 0.0368. The van der Waals surface area contributed by atoms with Crippen LogP contribution in [-0.4, -0.2) is 48.9 Å². The Morgan fingerprint density at radius 1 is 1.04 bits per heavy atom. The maximum absolute atomic E-state index is 13.0. The molecule has 7 heteroatoms. The van der Waals surface area contributed by atoms with E-state index in [1.165, 1.54) is 0 Å². The molecule has 0 N–H and O–H groups in total. The van der Waals surface area contributed by atoms with Crippen LogP contribution in [0.3, 0.4) is 0 Å². The van der Waals surface area contributed by atoms with Crippen molar-refractivity contribution in [2.75, 3.05) is 26.3 Å². The van der Waals surface area contributed by atoms with Crippen LogP contribution in [0.2, 0.25) is 0 Å². The molecule has 2 heterocycles. The molecule has 0 aromatic rings. The highest BCUT2D eigenvalue weighted by Gasteiger charge is 2.54. The van der Waals surface area contributed by atoms with Gasteiger partial charge in [-0.2, -0.15) is 13.2 Å². The first kappa shape index (κ1) is 16.4.